The first-order valence-electron chi connectivity index (χ1n) is 12.3. The van der Waals surface area contributed by atoms with Crippen LogP contribution in [0.5, 0.6) is 0 Å². The molecule has 8 fully saturated rings. The Hall–Kier alpha value is -1.18. The third-order valence-electron chi connectivity index (χ3n) is 9.78. The predicted octanol–water partition coefficient (Wildman–Crippen LogP) is 6.45. The van der Waals surface area contributed by atoms with E-state index in [0.29, 0.717) is 11.1 Å². The summed E-state index contributed by atoms with van der Waals surface area (Å²) >= 11 is 0. The summed E-state index contributed by atoms with van der Waals surface area (Å²) in [6.45, 7) is 0. The molecule has 0 radical (unpaired) electrons. The van der Waals surface area contributed by atoms with Crippen molar-refractivity contribution in [2.24, 2.45) is 35.5 Å². The summed E-state index contributed by atoms with van der Waals surface area (Å²) in [6, 6.07) is 9.45. The van der Waals surface area contributed by atoms with Crippen LogP contribution in [0.15, 0.2) is 24.3 Å². The van der Waals surface area contributed by atoms with E-state index in [0.717, 1.165) is 35.5 Å². The normalized spacial score (nSPS) is 50.1. The summed E-state index contributed by atoms with van der Waals surface area (Å²) in [7, 11) is 0. The molecule has 0 aromatic heterocycles. The number of rotatable bonds is 4. The van der Waals surface area contributed by atoms with Crippen molar-refractivity contribution in [3.63, 3.8) is 0 Å². The van der Waals surface area contributed by atoms with E-state index < -0.39 is 0 Å². The highest BCUT2D eigenvalue weighted by Crippen LogP contribution is 2.58. The average Bonchev–Trinajstić information content (AvgIpc) is 2.60. The van der Waals surface area contributed by atoms with Crippen LogP contribution in [-0.4, -0.2) is 11.1 Å². The molecule has 150 valence electrons. The smallest absolute Gasteiger partial charge is 0.0381 e. The standard InChI is InChI=1S/C26H36N2/c1-2-24(28-26-14-20-8-21(15-26)10-22(9-20)16-26)4-3-23(1)27-25-11-17-5-18(12-25)7-19(6-17)13-25/h1-4,17-22,27-28H,5-16H2. The van der Waals surface area contributed by atoms with Gasteiger partial charge in [-0.2, -0.15) is 0 Å². The first kappa shape index (κ1) is 16.6. The lowest BCUT2D eigenvalue weighted by molar-refractivity contribution is 0.0104. The van der Waals surface area contributed by atoms with Gasteiger partial charge in [0.2, 0.25) is 0 Å². The number of anilines is 2. The third-order valence-corrected chi connectivity index (χ3v) is 9.78. The summed E-state index contributed by atoms with van der Waals surface area (Å²) in [5.41, 5.74) is 3.56. The van der Waals surface area contributed by atoms with E-state index in [1.165, 1.54) is 88.4 Å². The van der Waals surface area contributed by atoms with Gasteiger partial charge in [0, 0.05) is 22.5 Å². The Labute approximate surface area is 170 Å². The van der Waals surface area contributed by atoms with Gasteiger partial charge in [0.1, 0.15) is 0 Å². The van der Waals surface area contributed by atoms with Crippen molar-refractivity contribution in [1.82, 2.24) is 0 Å². The molecule has 1 aromatic rings. The Morgan fingerprint density at radius 2 is 0.714 bits per heavy atom. The Morgan fingerprint density at radius 3 is 0.964 bits per heavy atom. The largest absolute Gasteiger partial charge is 0.380 e. The van der Waals surface area contributed by atoms with Gasteiger partial charge in [-0.25, -0.2) is 0 Å². The second-order valence-electron chi connectivity index (χ2n) is 12.2. The fourth-order valence-corrected chi connectivity index (χ4v) is 9.78. The van der Waals surface area contributed by atoms with Crippen molar-refractivity contribution < 1.29 is 0 Å². The van der Waals surface area contributed by atoms with E-state index in [1.807, 2.05) is 0 Å². The summed E-state index contributed by atoms with van der Waals surface area (Å²) in [5, 5.41) is 8.09. The minimum absolute atomic E-state index is 0.420. The lowest BCUT2D eigenvalue weighted by Crippen LogP contribution is -2.55. The van der Waals surface area contributed by atoms with E-state index >= 15 is 0 Å². The first-order valence-corrected chi connectivity index (χ1v) is 12.3. The Balaban J connectivity index is 1.07. The third kappa shape index (κ3) is 2.66. The quantitative estimate of drug-likeness (QED) is 0.631. The van der Waals surface area contributed by atoms with Gasteiger partial charge in [-0.15, -0.1) is 0 Å². The zero-order valence-corrected chi connectivity index (χ0v) is 17.3. The minimum Gasteiger partial charge on any atom is -0.380 e. The van der Waals surface area contributed by atoms with E-state index in [2.05, 4.69) is 34.9 Å². The van der Waals surface area contributed by atoms with E-state index in [9.17, 15) is 0 Å². The zero-order chi connectivity index (χ0) is 18.3. The number of benzene rings is 1. The van der Waals surface area contributed by atoms with Crippen LogP contribution in [0.1, 0.15) is 77.0 Å². The Morgan fingerprint density at radius 1 is 0.464 bits per heavy atom. The molecule has 0 atom stereocenters. The van der Waals surface area contributed by atoms with Gasteiger partial charge in [0.15, 0.2) is 0 Å². The second kappa shape index (κ2) is 5.70. The SMILES string of the molecule is c1cc(NC23CC4CC(CC(C4)C2)C3)ccc1NC12CC3CC(CC(C3)C1)C2. The summed E-state index contributed by atoms with van der Waals surface area (Å²) in [5.74, 6) is 6.06. The van der Waals surface area contributed by atoms with E-state index in [-0.39, 0.29) is 0 Å². The van der Waals surface area contributed by atoms with Gasteiger partial charge in [0.05, 0.1) is 0 Å². The van der Waals surface area contributed by atoms with E-state index in [1.54, 1.807) is 0 Å². The maximum absolute atomic E-state index is 4.05. The van der Waals surface area contributed by atoms with Gasteiger partial charge in [-0.3, -0.25) is 0 Å². The molecule has 0 amide bonds. The molecule has 1 aromatic carbocycles. The van der Waals surface area contributed by atoms with Gasteiger partial charge >= 0.3 is 0 Å². The summed E-state index contributed by atoms with van der Waals surface area (Å²) in [6.07, 6.45) is 17.7. The van der Waals surface area contributed by atoms with Crippen LogP contribution in [0.2, 0.25) is 0 Å². The highest BCUT2D eigenvalue weighted by atomic mass is 15.0. The number of hydrogen-bond donors (Lipinski definition) is 2. The molecule has 9 rings (SSSR count). The fraction of sp³-hybridized carbons (Fsp3) is 0.769. The first-order chi connectivity index (χ1) is 13.6. The van der Waals surface area contributed by atoms with Crippen LogP contribution < -0.4 is 10.6 Å². The summed E-state index contributed by atoms with van der Waals surface area (Å²) in [4.78, 5) is 0. The molecule has 8 saturated carbocycles. The van der Waals surface area contributed by atoms with Gasteiger partial charge in [-0.05, 0) is 137 Å². The van der Waals surface area contributed by atoms with Crippen LogP contribution in [0.4, 0.5) is 11.4 Å². The van der Waals surface area contributed by atoms with Crippen molar-refractivity contribution in [3.8, 4) is 0 Å². The number of hydrogen-bond acceptors (Lipinski definition) is 2. The predicted molar refractivity (Wildman–Crippen MR) is 115 cm³/mol. The Bertz CT molecular complexity index is 628. The van der Waals surface area contributed by atoms with Crippen LogP contribution in [0.3, 0.4) is 0 Å². The lowest BCUT2D eigenvalue weighted by atomic mass is 9.53. The molecule has 8 bridgehead atoms. The molecule has 28 heavy (non-hydrogen) atoms. The van der Waals surface area contributed by atoms with Crippen molar-refractivity contribution in [1.29, 1.82) is 0 Å². The van der Waals surface area contributed by atoms with Gasteiger partial charge in [-0.1, -0.05) is 0 Å². The topological polar surface area (TPSA) is 24.1 Å². The van der Waals surface area contributed by atoms with Crippen LogP contribution in [-0.2, 0) is 0 Å². The van der Waals surface area contributed by atoms with Gasteiger partial charge < -0.3 is 10.6 Å². The highest BCUT2D eigenvalue weighted by Gasteiger charge is 2.52. The lowest BCUT2D eigenvalue weighted by Gasteiger charge is -2.57. The Kier molecular flexibility index (Phi) is 3.38. The van der Waals surface area contributed by atoms with Gasteiger partial charge in [0.25, 0.3) is 0 Å². The molecule has 2 nitrogen and oxygen atoms in total. The summed E-state index contributed by atoms with van der Waals surface area (Å²) < 4.78 is 0. The molecule has 2 N–H and O–H groups in total. The van der Waals surface area contributed by atoms with Crippen LogP contribution >= 0.6 is 0 Å². The monoisotopic (exact) mass is 376 g/mol. The van der Waals surface area contributed by atoms with E-state index in [4.69, 9.17) is 0 Å². The average molecular weight is 377 g/mol. The molecule has 0 spiro atoms. The van der Waals surface area contributed by atoms with Crippen molar-refractivity contribution in [2.45, 2.75) is 88.1 Å². The van der Waals surface area contributed by atoms with Crippen LogP contribution in [0.25, 0.3) is 0 Å². The highest BCUT2D eigenvalue weighted by molar-refractivity contribution is 5.56. The van der Waals surface area contributed by atoms with Crippen LogP contribution in [0, 0.1) is 35.5 Å². The molecule has 8 aliphatic rings. The molecule has 0 saturated heterocycles. The fourth-order valence-electron chi connectivity index (χ4n) is 9.78. The molecule has 0 aliphatic heterocycles. The molecule has 0 unspecified atom stereocenters. The molecular formula is C26H36N2. The minimum atomic E-state index is 0.420. The van der Waals surface area contributed by atoms with Crippen molar-refractivity contribution in [2.75, 3.05) is 10.6 Å². The molecule has 2 heteroatoms. The molecule has 8 aliphatic carbocycles. The molecular weight excluding hydrogens is 340 g/mol. The maximum atomic E-state index is 4.05. The van der Waals surface area contributed by atoms with Crippen molar-refractivity contribution >= 4 is 11.4 Å². The number of nitrogens with one attached hydrogen (secondary N) is 2. The maximum Gasteiger partial charge on any atom is 0.0381 e. The zero-order valence-electron chi connectivity index (χ0n) is 17.3. The molecule has 0 heterocycles. The van der Waals surface area contributed by atoms with Crippen molar-refractivity contribution in [3.05, 3.63) is 24.3 Å². The second-order valence-corrected chi connectivity index (χ2v) is 12.2.